The lowest BCUT2D eigenvalue weighted by Crippen LogP contribution is -2.26. The Morgan fingerprint density at radius 1 is 1.35 bits per heavy atom. The highest BCUT2D eigenvalue weighted by Crippen LogP contribution is 2.16. The molecule has 0 amide bonds. The molecule has 2 N–H and O–H groups in total. The predicted octanol–water partition coefficient (Wildman–Crippen LogP) is 3.17. The summed E-state index contributed by atoms with van der Waals surface area (Å²) in [6.45, 7) is 6.03. The van der Waals surface area contributed by atoms with Gasteiger partial charge in [-0.25, -0.2) is 4.39 Å². The van der Waals surface area contributed by atoms with Gasteiger partial charge in [-0.3, -0.25) is 0 Å². The number of hydrogen-bond donors (Lipinski definition) is 1. The zero-order chi connectivity index (χ0) is 12.7. The van der Waals surface area contributed by atoms with Gasteiger partial charge in [-0.15, -0.1) is 0 Å². The van der Waals surface area contributed by atoms with Gasteiger partial charge in [-0.05, 0) is 44.4 Å². The van der Waals surface area contributed by atoms with E-state index in [9.17, 15) is 4.39 Å². The summed E-state index contributed by atoms with van der Waals surface area (Å²) in [4.78, 5) is 2.19. The van der Waals surface area contributed by atoms with E-state index in [4.69, 9.17) is 5.73 Å². The average Bonchev–Trinajstić information content (AvgIpc) is 2.34. The third kappa shape index (κ3) is 4.73. The van der Waals surface area contributed by atoms with Crippen LogP contribution in [0.15, 0.2) is 24.3 Å². The molecule has 3 heteroatoms. The Morgan fingerprint density at radius 3 is 2.71 bits per heavy atom. The minimum Gasteiger partial charge on any atom is -0.372 e. The molecule has 0 saturated heterocycles. The molecule has 1 unspecified atom stereocenters. The van der Waals surface area contributed by atoms with Gasteiger partial charge in [-0.2, -0.15) is 0 Å². The molecule has 0 saturated carbocycles. The lowest BCUT2D eigenvalue weighted by molar-refractivity contribution is 0.562. The van der Waals surface area contributed by atoms with Crippen molar-refractivity contribution >= 4 is 5.69 Å². The molecule has 2 nitrogen and oxygen atoms in total. The molecule has 1 atom stereocenters. The summed E-state index contributed by atoms with van der Waals surface area (Å²) in [7, 11) is 0. The average molecular weight is 238 g/mol. The normalized spacial score (nSPS) is 12.5. The van der Waals surface area contributed by atoms with Crippen molar-refractivity contribution in [2.24, 2.45) is 5.73 Å². The van der Waals surface area contributed by atoms with Crippen LogP contribution < -0.4 is 10.6 Å². The molecule has 0 radical (unpaired) electrons. The maximum atomic E-state index is 13.1. The zero-order valence-electron chi connectivity index (χ0n) is 10.8. The molecule has 1 aromatic rings. The van der Waals surface area contributed by atoms with Crippen molar-refractivity contribution in [2.75, 3.05) is 18.0 Å². The van der Waals surface area contributed by atoms with Crippen LogP contribution in [0.3, 0.4) is 0 Å². The quantitative estimate of drug-likeness (QED) is 0.790. The molecule has 0 spiro atoms. The fourth-order valence-electron chi connectivity index (χ4n) is 1.89. The van der Waals surface area contributed by atoms with E-state index in [1.54, 1.807) is 12.1 Å². The molecule has 1 aromatic carbocycles. The summed E-state index contributed by atoms with van der Waals surface area (Å²) in [6, 6.07) is 7.06. The van der Waals surface area contributed by atoms with Gasteiger partial charge in [0.1, 0.15) is 5.82 Å². The van der Waals surface area contributed by atoms with Gasteiger partial charge < -0.3 is 10.6 Å². The number of halogens is 1. The van der Waals surface area contributed by atoms with E-state index < -0.39 is 0 Å². The zero-order valence-corrected chi connectivity index (χ0v) is 10.8. The third-order valence-electron chi connectivity index (χ3n) is 3.08. The Labute approximate surface area is 104 Å². The van der Waals surface area contributed by atoms with Gasteiger partial charge >= 0.3 is 0 Å². The Hall–Kier alpha value is -1.09. The van der Waals surface area contributed by atoms with Gasteiger partial charge in [0.25, 0.3) is 0 Å². The first kappa shape index (κ1) is 14.0. The number of nitrogens with zero attached hydrogens (tertiary/aromatic N) is 1. The van der Waals surface area contributed by atoms with Gasteiger partial charge in [0.2, 0.25) is 0 Å². The van der Waals surface area contributed by atoms with Crippen LogP contribution in [0.1, 0.15) is 33.1 Å². The van der Waals surface area contributed by atoms with E-state index >= 15 is 0 Å². The second-order valence-electron chi connectivity index (χ2n) is 4.37. The van der Waals surface area contributed by atoms with Crippen LogP contribution in [0.25, 0.3) is 0 Å². The minimum absolute atomic E-state index is 0.175. The van der Waals surface area contributed by atoms with Crippen LogP contribution in [0, 0.1) is 5.82 Å². The van der Waals surface area contributed by atoms with Gasteiger partial charge in [0.15, 0.2) is 0 Å². The molecule has 0 heterocycles. The first-order valence-corrected chi connectivity index (χ1v) is 6.43. The summed E-state index contributed by atoms with van der Waals surface area (Å²) >= 11 is 0. The van der Waals surface area contributed by atoms with Crippen LogP contribution in [-0.4, -0.2) is 19.1 Å². The Morgan fingerprint density at radius 2 is 2.12 bits per heavy atom. The van der Waals surface area contributed by atoms with Crippen molar-refractivity contribution < 1.29 is 4.39 Å². The molecule has 0 fully saturated rings. The fraction of sp³-hybridized carbons (Fsp3) is 0.571. The lowest BCUT2D eigenvalue weighted by Gasteiger charge is -2.23. The van der Waals surface area contributed by atoms with Crippen molar-refractivity contribution in [3.05, 3.63) is 30.1 Å². The molecule has 0 aliphatic carbocycles. The predicted molar refractivity (Wildman–Crippen MR) is 71.8 cm³/mol. The van der Waals surface area contributed by atoms with E-state index in [-0.39, 0.29) is 5.82 Å². The summed E-state index contributed by atoms with van der Waals surface area (Å²) in [6.07, 6.45) is 3.10. The van der Waals surface area contributed by atoms with Crippen molar-refractivity contribution in [3.63, 3.8) is 0 Å². The van der Waals surface area contributed by atoms with Gasteiger partial charge in [0, 0.05) is 24.8 Å². The van der Waals surface area contributed by atoms with E-state index in [1.165, 1.54) is 6.07 Å². The van der Waals surface area contributed by atoms with Crippen molar-refractivity contribution in [1.82, 2.24) is 0 Å². The Balaban J connectivity index is 2.48. The second kappa shape index (κ2) is 7.28. The van der Waals surface area contributed by atoms with Crippen molar-refractivity contribution in [3.8, 4) is 0 Å². The Bertz CT molecular complexity index is 328. The number of rotatable bonds is 7. The third-order valence-corrected chi connectivity index (χ3v) is 3.08. The van der Waals surface area contributed by atoms with Crippen LogP contribution in [-0.2, 0) is 0 Å². The summed E-state index contributed by atoms with van der Waals surface area (Å²) < 4.78 is 13.1. The van der Waals surface area contributed by atoms with E-state index in [2.05, 4.69) is 18.7 Å². The highest BCUT2D eigenvalue weighted by molar-refractivity contribution is 5.46. The maximum absolute atomic E-state index is 13.1. The Kier molecular flexibility index (Phi) is 5.98. The summed E-state index contributed by atoms with van der Waals surface area (Å²) in [5.41, 5.74) is 6.84. The molecule has 1 rings (SSSR count). The summed E-state index contributed by atoms with van der Waals surface area (Å²) in [5.74, 6) is -0.175. The molecule has 0 aliphatic rings. The monoisotopic (exact) mass is 238 g/mol. The molecule has 96 valence electrons. The number of benzene rings is 1. The number of nitrogens with two attached hydrogens (primary N) is 1. The molecule has 17 heavy (non-hydrogen) atoms. The first-order chi connectivity index (χ1) is 8.17. The topological polar surface area (TPSA) is 29.3 Å². The SMILES string of the molecule is CCC(N)CCCN(CC)c1cccc(F)c1. The molecule has 0 aromatic heterocycles. The number of hydrogen-bond acceptors (Lipinski definition) is 2. The maximum Gasteiger partial charge on any atom is 0.125 e. The standard InChI is InChI=1S/C14H23FN2/c1-3-13(16)8-6-10-17(4-2)14-9-5-7-12(15)11-14/h5,7,9,11,13H,3-4,6,8,10,16H2,1-2H3. The van der Waals surface area contributed by atoms with Crippen LogP contribution in [0.2, 0.25) is 0 Å². The molecule has 0 aliphatic heterocycles. The van der Waals surface area contributed by atoms with E-state index in [0.717, 1.165) is 38.0 Å². The summed E-state index contributed by atoms with van der Waals surface area (Å²) in [5, 5.41) is 0. The van der Waals surface area contributed by atoms with E-state index in [1.807, 2.05) is 6.07 Å². The minimum atomic E-state index is -0.175. The number of anilines is 1. The largest absolute Gasteiger partial charge is 0.372 e. The molecule has 0 bridgehead atoms. The second-order valence-corrected chi connectivity index (χ2v) is 4.37. The van der Waals surface area contributed by atoms with Crippen LogP contribution in [0.5, 0.6) is 0 Å². The highest BCUT2D eigenvalue weighted by Gasteiger charge is 2.06. The van der Waals surface area contributed by atoms with Crippen LogP contribution >= 0.6 is 0 Å². The van der Waals surface area contributed by atoms with Gasteiger partial charge in [0.05, 0.1) is 0 Å². The van der Waals surface area contributed by atoms with Crippen LogP contribution in [0.4, 0.5) is 10.1 Å². The molecular weight excluding hydrogens is 215 g/mol. The van der Waals surface area contributed by atoms with E-state index in [0.29, 0.717) is 6.04 Å². The van der Waals surface area contributed by atoms with Gasteiger partial charge in [-0.1, -0.05) is 13.0 Å². The van der Waals surface area contributed by atoms with Crippen molar-refractivity contribution in [2.45, 2.75) is 39.2 Å². The van der Waals surface area contributed by atoms with Crippen molar-refractivity contribution in [1.29, 1.82) is 0 Å². The molecular formula is C14H23FN2. The highest BCUT2D eigenvalue weighted by atomic mass is 19.1. The lowest BCUT2D eigenvalue weighted by atomic mass is 10.1. The fourth-order valence-corrected chi connectivity index (χ4v) is 1.89. The first-order valence-electron chi connectivity index (χ1n) is 6.43. The smallest absolute Gasteiger partial charge is 0.125 e.